The molecule has 114 valence electrons. The van der Waals surface area contributed by atoms with Crippen LogP contribution in [0.3, 0.4) is 0 Å². The number of benzene rings is 2. The molecule has 0 aliphatic heterocycles. The molecule has 1 heterocycles. The van der Waals surface area contributed by atoms with Crippen LogP contribution in [0.5, 0.6) is 5.75 Å². The first-order valence-electron chi connectivity index (χ1n) is 7.25. The van der Waals surface area contributed by atoms with Gasteiger partial charge in [0.05, 0.1) is 17.8 Å². The number of ether oxygens (including phenoxy) is 1. The monoisotopic (exact) mass is 322 g/mol. The van der Waals surface area contributed by atoms with Gasteiger partial charge in [0, 0.05) is 27.8 Å². The fourth-order valence-electron chi connectivity index (χ4n) is 2.46. The number of nitrogens with zero attached hydrogens (tertiary/aromatic N) is 1. The molecule has 3 aromatic rings. The molecule has 1 N–H and O–H groups in total. The molecule has 0 spiro atoms. The second kappa shape index (κ2) is 6.83. The lowest BCUT2D eigenvalue weighted by Crippen LogP contribution is -2.09. The summed E-state index contributed by atoms with van der Waals surface area (Å²) in [6.07, 6.45) is 0.826. The van der Waals surface area contributed by atoms with Crippen LogP contribution >= 0.6 is 11.3 Å². The number of rotatable bonds is 5. The normalized spacial score (nSPS) is 10.7. The maximum absolute atomic E-state index is 11.1. The first-order valence-corrected chi connectivity index (χ1v) is 8.13. The molecule has 1 amide bonds. The Morgan fingerprint density at radius 1 is 1.26 bits per heavy atom. The first kappa shape index (κ1) is 15.6. The number of anilines is 1. The Balaban J connectivity index is 1.81. The highest BCUT2D eigenvalue weighted by molar-refractivity contribution is 7.09. The number of thiazole rings is 1. The van der Waals surface area contributed by atoms with Gasteiger partial charge in [0.25, 0.3) is 0 Å². The van der Waals surface area contributed by atoms with E-state index >= 15 is 0 Å². The SMILES string of the molecule is [B]C(=O)Nc1ccc(OCCc2scnc2C)c2ccccc12. The van der Waals surface area contributed by atoms with E-state index in [0.717, 1.165) is 28.6 Å². The topological polar surface area (TPSA) is 51.2 Å². The smallest absolute Gasteiger partial charge is 0.201 e. The van der Waals surface area contributed by atoms with Gasteiger partial charge < -0.3 is 10.1 Å². The van der Waals surface area contributed by atoms with Gasteiger partial charge in [-0.05, 0) is 19.1 Å². The van der Waals surface area contributed by atoms with Crippen molar-refractivity contribution in [3.05, 3.63) is 52.5 Å². The second-order valence-corrected chi connectivity index (χ2v) is 6.04. The molecule has 0 bridgehead atoms. The van der Waals surface area contributed by atoms with Crippen LogP contribution in [0.15, 0.2) is 41.9 Å². The number of carbonyl (C=O) groups is 1. The van der Waals surface area contributed by atoms with E-state index < -0.39 is 5.81 Å². The quantitative estimate of drug-likeness (QED) is 0.724. The van der Waals surface area contributed by atoms with Crippen molar-refractivity contribution < 1.29 is 9.53 Å². The average Bonchev–Trinajstić information content (AvgIpc) is 2.94. The Kier molecular flexibility index (Phi) is 4.62. The van der Waals surface area contributed by atoms with Crippen molar-refractivity contribution >= 4 is 41.4 Å². The first-order chi connectivity index (χ1) is 11.1. The summed E-state index contributed by atoms with van der Waals surface area (Å²) in [6.45, 7) is 2.58. The third kappa shape index (κ3) is 3.53. The lowest BCUT2D eigenvalue weighted by atomic mass is 10.1. The molecule has 6 heteroatoms. The zero-order chi connectivity index (χ0) is 16.2. The second-order valence-electron chi connectivity index (χ2n) is 5.11. The Bertz CT molecular complexity index is 847. The molecule has 2 radical (unpaired) electrons. The van der Waals surface area contributed by atoms with Crippen molar-refractivity contribution in [1.82, 2.24) is 4.98 Å². The van der Waals surface area contributed by atoms with Crippen molar-refractivity contribution in [2.24, 2.45) is 0 Å². The third-order valence-corrected chi connectivity index (χ3v) is 4.57. The van der Waals surface area contributed by atoms with Crippen LogP contribution in [-0.4, -0.2) is 25.2 Å². The summed E-state index contributed by atoms with van der Waals surface area (Å²) in [7, 11) is 5.22. The van der Waals surface area contributed by atoms with Crippen molar-refractivity contribution in [3.8, 4) is 5.75 Å². The summed E-state index contributed by atoms with van der Waals surface area (Å²) >= 11 is 1.65. The highest BCUT2D eigenvalue weighted by Crippen LogP contribution is 2.31. The molecule has 0 saturated heterocycles. The highest BCUT2D eigenvalue weighted by Gasteiger charge is 2.08. The van der Waals surface area contributed by atoms with E-state index in [1.54, 1.807) is 17.4 Å². The zero-order valence-corrected chi connectivity index (χ0v) is 13.5. The fraction of sp³-hybridized carbons (Fsp3) is 0.176. The van der Waals surface area contributed by atoms with Crippen LogP contribution in [0.4, 0.5) is 10.5 Å². The molecular formula is C17H15BN2O2S. The predicted molar refractivity (Wildman–Crippen MR) is 94.8 cm³/mol. The van der Waals surface area contributed by atoms with E-state index in [0.29, 0.717) is 12.3 Å². The summed E-state index contributed by atoms with van der Waals surface area (Å²) in [4.78, 5) is 16.6. The van der Waals surface area contributed by atoms with Gasteiger partial charge >= 0.3 is 0 Å². The molecule has 0 aliphatic rings. The van der Waals surface area contributed by atoms with Crippen molar-refractivity contribution in [2.45, 2.75) is 13.3 Å². The third-order valence-electron chi connectivity index (χ3n) is 3.57. The molecule has 23 heavy (non-hydrogen) atoms. The Hall–Kier alpha value is -2.34. The molecule has 0 unspecified atom stereocenters. The standard InChI is InChI=1S/C17H15BN2O2S/c1-11-16(23-10-19-11)8-9-22-15-7-6-14(20-17(18)21)12-4-2-3-5-13(12)15/h2-7,10H,8-9H2,1H3,(H,20,21). The Labute approximate surface area is 139 Å². The highest BCUT2D eigenvalue weighted by atomic mass is 32.1. The maximum Gasteiger partial charge on any atom is 0.201 e. The number of hydrogen-bond acceptors (Lipinski definition) is 4. The summed E-state index contributed by atoms with van der Waals surface area (Å²) in [5, 5.41) is 4.48. The lowest BCUT2D eigenvalue weighted by molar-refractivity contribution is 0.269. The molecule has 0 aliphatic carbocycles. The maximum atomic E-state index is 11.1. The van der Waals surface area contributed by atoms with Crippen LogP contribution < -0.4 is 10.1 Å². The van der Waals surface area contributed by atoms with Gasteiger partial charge in [-0.15, -0.1) is 11.3 Å². The van der Waals surface area contributed by atoms with Gasteiger partial charge in [-0.3, -0.25) is 4.79 Å². The average molecular weight is 322 g/mol. The Morgan fingerprint density at radius 3 is 2.74 bits per heavy atom. The summed E-state index contributed by atoms with van der Waals surface area (Å²) in [5.41, 5.74) is 3.59. The minimum absolute atomic E-state index is 0.579. The Morgan fingerprint density at radius 2 is 2.04 bits per heavy atom. The van der Waals surface area contributed by atoms with E-state index in [1.807, 2.05) is 42.8 Å². The van der Waals surface area contributed by atoms with E-state index in [9.17, 15) is 4.79 Å². The molecule has 0 fully saturated rings. The molecular weight excluding hydrogens is 307 g/mol. The number of hydrogen-bond donors (Lipinski definition) is 1. The number of nitrogens with one attached hydrogen (secondary N) is 1. The van der Waals surface area contributed by atoms with Crippen LogP contribution in [0, 0.1) is 6.92 Å². The summed E-state index contributed by atoms with van der Waals surface area (Å²) in [6, 6.07) is 11.4. The number of aromatic nitrogens is 1. The fourth-order valence-corrected chi connectivity index (χ4v) is 3.22. The number of amides is 1. The van der Waals surface area contributed by atoms with Crippen LogP contribution in [0.2, 0.25) is 0 Å². The molecule has 0 saturated carbocycles. The minimum atomic E-state index is -0.579. The molecule has 1 aromatic heterocycles. The van der Waals surface area contributed by atoms with E-state index in [1.165, 1.54) is 4.88 Å². The van der Waals surface area contributed by atoms with Crippen LogP contribution in [0.1, 0.15) is 10.6 Å². The molecule has 0 atom stereocenters. The van der Waals surface area contributed by atoms with Crippen molar-refractivity contribution in [3.63, 3.8) is 0 Å². The largest absolute Gasteiger partial charge is 0.493 e. The molecule has 2 aromatic carbocycles. The molecule has 4 nitrogen and oxygen atoms in total. The van der Waals surface area contributed by atoms with E-state index in [2.05, 4.69) is 10.3 Å². The number of aryl methyl sites for hydroxylation is 1. The predicted octanol–water partition coefficient (Wildman–Crippen LogP) is 3.93. The molecule has 3 rings (SSSR count). The van der Waals surface area contributed by atoms with Gasteiger partial charge in [0.15, 0.2) is 5.81 Å². The lowest BCUT2D eigenvalue weighted by Gasteiger charge is -2.13. The minimum Gasteiger partial charge on any atom is -0.493 e. The van der Waals surface area contributed by atoms with Crippen LogP contribution in [-0.2, 0) is 6.42 Å². The van der Waals surface area contributed by atoms with Gasteiger partial charge in [-0.1, -0.05) is 24.3 Å². The van der Waals surface area contributed by atoms with Crippen molar-refractivity contribution in [2.75, 3.05) is 11.9 Å². The summed E-state index contributed by atoms with van der Waals surface area (Å²) < 4.78 is 5.94. The van der Waals surface area contributed by atoms with E-state index in [4.69, 9.17) is 12.6 Å². The van der Waals surface area contributed by atoms with Gasteiger partial charge in [0.2, 0.25) is 7.85 Å². The van der Waals surface area contributed by atoms with Gasteiger partial charge in [-0.25, -0.2) is 4.98 Å². The van der Waals surface area contributed by atoms with Gasteiger partial charge in [-0.2, -0.15) is 0 Å². The van der Waals surface area contributed by atoms with Crippen LogP contribution in [0.25, 0.3) is 10.8 Å². The summed E-state index contributed by atoms with van der Waals surface area (Å²) in [5.74, 6) is 0.210. The number of fused-ring (bicyclic) bond motifs is 1. The van der Waals surface area contributed by atoms with Crippen molar-refractivity contribution in [1.29, 1.82) is 0 Å². The zero-order valence-electron chi connectivity index (χ0n) is 12.7. The van der Waals surface area contributed by atoms with E-state index in [-0.39, 0.29) is 0 Å². The van der Waals surface area contributed by atoms with Gasteiger partial charge in [0.1, 0.15) is 5.75 Å². The number of carbonyl (C=O) groups excluding carboxylic acids is 1.